The zero-order chi connectivity index (χ0) is 13.9. The summed E-state index contributed by atoms with van der Waals surface area (Å²) in [4.78, 5) is 18.7. The maximum atomic E-state index is 12.1. The van der Waals surface area contributed by atoms with Crippen molar-refractivity contribution < 1.29 is 4.79 Å². The molecule has 1 amide bonds. The lowest BCUT2D eigenvalue weighted by Gasteiger charge is -2.30. The molecule has 1 saturated heterocycles. The predicted molar refractivity (Wildman–Crippen MR) is 84.7 cm³/mol. The topological polar surface area (TPSA) is 32.7 Å². The number of benzene rings is 1. The Morgan fingerprint density at radius 1 is 1.15 bits per heavy atom. The van der Waals surface area contributed by atoms with E-state index < -0.39 is 0 Å². The van der Waals surface area contributed by atoms with Crippen LogP contribution in [0.2, 0.25) is 5.02 Å². The molecule has 0 N–H and O–H groups in total. The summed E-state index contributed by atoms with van der Waals surface area (Å²) in [6.45, 7) is 0. The monoisotopic (exact) mass is 308 g/mol. The van der Waals surface area contributed by atoms with Crippen LogP contribution in [0, 0.1) is 0 Å². The molecule has 1 aliphatic carbocycles. The fourth-order valence-electron chi connectivity index (χ4n) is 2.78. The molecule has 5 heteroatoms. The smallest absolute Gasteiger partial charge is 0.239 e. The number of carbonyl (C=O) groups is 1. The van der Waals surface area contributed by atoms with Gasteiger partial charge in [0.05, 0.1) is 11.4 Å². The second-order valence-corrected chi connectivity index (χ2v) is 6.59. The van der Waals surface area contributed by atoms with Crippen LogP contribution in [-0.4, -0.2) is 27.8 Å². The highest BCUT2D eigenvalue weighted by Crippen LogP contribution is 2.31. The highest BCUT2D eigenvalue weighted by atomic mass is 35.5. The maximum absolute atomic E-state index is 12.1. The minimum absolute atomic E-state index is 0.203. The van der Waals surface area contributed by atoms with Crippen molar-refractivity contribution in [2.45, 2.75) is 38.1 Å². The standard InChI is InChI=1S/C15H17ClN2OS/c16-11-6-8-12(9-7-11)17-15-18(14(19)10-20-15)13-4-2-1-3-5-13/h6-9,13H,1-5,10H2. The first-order chi connectivity index (χ1) is 9.74. The number of amidine groups is 1. The van der Waals surface area contributed by atoms with Gasteiger partial charge in [-0.2, -0.15) is 0 Å². The Kier molecular flexibility index (Phi) is 4.32. The lowest BCUT2D eigenvalue weighted by Crippen LogP contribution is -2.40. The van der Waals surface area contributed by atoms with Crippen LogP contribution in [-0.2, 0) is 4.79 Å². The summed E-state index contributed by atoms with van der Waals surface area (Å²) in [5.74, 6) is 0.720. The number of amides is 1. The SMILES string of the molecule is O=C1CSC(=Nc2ccc(Cl)cc2)N1C1CCCCC1. The average molecular weight is 309 g/mol. The fourth-order valence-corrected chi connectivity index (χ4v) is 3.86. The van der Waals surface area contributed by atoms with E-state index in [1.54, 1.807) is 11.8 Å². The molecular weight excluding hydrogens is 292 g/mol. The molecule has 1 aromatic carbocycles. The van der Waals surface area contributed by atoms with Crippen LogP contribution in [0.5, 0.6) is 0 Å². The molecule has 3 nitrogen and oxygen atoms in total. The van der Waals surface area contributed by atoms with Gasteiger partial charge in [-0.3, -0.25) is 9.69 Å². The minimum Gasteiger partial charge on any atom is -0.287 e. The molecule has 1 heterocycles. The third kappa shape index (κ3) is 3.01. The molecule has 3 rings (SSSR count). The van der Waals surface area contributed by atoms with Gasteiger partial charge >= 0.3 is 0 Å². The Balaban J connectivity index is 1.83. The Labute approximate surface area is 128 Å². The molecule has 0 bridgehead atoms. The number of halogens is 1. The average Bonchev–Trinajstić information content (AvgIpc) is 2.83. The number of aliphatic imine (C=N–C) groups is 1. The second-order valence-electron chi connectivity index (χ2n) is 5.22. The van der Waals surface area contributed by atoms with Crippen molar-refractivity contribution in [1.82, 2.24) is 4.90 Å². The van der Waals surface area contributed by atoms with Gasteiger partial charge < -0.3 is 0 Å². The molecule has 0 spiro atoms. The fraction of sp³-hybridized carbons (Fsp3) is 0.467. The molecule has 1 aromatic rings. The maximum Gasteiger partial charge on any atom is 0.239 e. The summed E-state index contributed by atoms with van der Waals surface area (Å²) in [5, 5.41) is 1.55. The molecule has 106 valence electrons. The van der Waals surface area contributed by atoms with Crippen molar-refractivity contribution in [3.63, 3.8) is 0 Å². The van der Waals surface area contributed by atoms with Gasteiger partial charge in [-0.25, -0.2) is 4.99 Å². The highest BCUT2D eigenvalue weighted by Gasteiger charge is 2.34. The Morgan fingerprint density at radius 2 is 1.85 bits per heavy atom. The van der Waals surface area contributed by atoms with E-state index in [0.29, 0.717) is 16.8 Å². The van der Waals surface area contributed by atoms with Gasteiger partial charge in [0.1, 0.15) is 0 Å². The van der Waals surface area contributed by atoms with E-state index in [1.165, 1.54) is 19.3 Å². The Morgan fingerprint density at radius 3 is 2.55 bits per heavy atom. The van der Waals surface area contributed by atoms with E-state index in [0.717, 1.165) is 23.7 Å². The number of hydrogen-bond acceptors (Lipinski definition) is 3. The van der Waals surface area contributed by atoms with Crippen LogP contribution in [0.1, 0.15) is 32.1 Å². The molecule has 2 fully saturated rings. The molecule has 0 unspecified atom stereocenters. The van der Waals surface area contributed by atoms with E-state index in [9.17, 15) is 4.79 Å². The van der Waals surface area contributed by atoms with Crippen LogP contribution < -0.4 is 0 Å². The Hall–Kier alpha value is -1.00. The molecule has 0 aromatic heterocycles. The van der Waals surface area contributed by atoms with Crippen molar-refractivity contribution in [3.8, 4) is 0 Å². The van der Waals surface area contributed by atoms with Crippen molar-refractivity contribution in [3.05, 3.63) is 29.3 Å². The zero-order valence-electron chi connectivity index (χ0n) is 11.2. The summed E-state index contributed by atoms with van der Waals surface area (Å²) in [5.41, 5.74) is 0.854. The van der Waals surface area contributed by atoms with E-state index >= 15 is 0 Å². The minimum atomic E-state index is 0.203. The lowest BCUT2D eigenvalue weighted by atomic mass is 9.94. The molecule has 1 aliphatic heterocycles. The molecule has 2 aliphatic rings. The molecular formula is C15H17ClN2OS. The van der Waals surface area contributed by atoms with Crippen molar-refractivity contribution >= 4 is 40.1 Å². The third-order valence-electron chi connectivity index (χ3n) is 3.79. The Bertz CT molecular complexity index is 523. The molecule has 0 atom stereocenters. The first-order valence-corrected chi connectivity index (χ1v) is 8.39. The van der Waals surface area contributed by atoms with Gasteiger partial charge in [0.2, 0.25) is 5.91 Å². The molecule has 0 radical (unpaired) electrons. The van der Waals surface area contributed by atoms with E-state index in [-0.39, 0.29) is 5.91 Å². The summed E-state index contributed by atoms with van der Waals surface area (Å²) in [6, 6.07) is 7.77. The van der Waals surface area contributed by atoms with Gasteiger partial charge in [-0.05, 0) is 37.1 Å². The first kappa shape index (κ1) is 14.0. The first-order valence-electron chi connectivity index (χ1n) is 7.03. The normalized spacial score (nSPS) is 22.8. The number of rotatable bonds is 2. The van der Waals surface area contributed by atoms with Crippen molar-refractivity contribution in [2.24, 2.45) is 4.99 Å². The summed E-state index contributed by atoms with van der Waals surface area (Å²) in [7, 11) is 0. The largest absolute Gasteiger partial charge is 0.287 e. The summed E-state index contributed by atoms with van der Waals surface area (Å²) in [6.07, 6.45) is 5.92. The van der Waals surface area contributed by atoms with Gasteiger partial charge in [0.25, 0.3) is 0 Å². The number of nitrogens with zero attached hydrogens (tertiary/aromatic N) is 2. The molecule has 20 heavy (non-hydrogen) atoms. The summed E-state index contributed by atoms with van der Waals surface area (Å²) < 4.78 is 0. The number of carbonyl (C=O) groups excluding carboxylic acids is 1. The van der Waals surface area contributed by atoms with E-state index in [4.69, 9.17) is 11.6 Å². The van der Waals surface area contributed by atoms with Crippen molar-refractivity contribution in [2.75, 3.05) is 5.75 Å². The predicted octanol–water partition coefficient (Wildman–Crippen LogP) is 4.24. The van der Waals surface area contributed by atoms with Crippen LogP contribution in [0.3, 0.4) is 0 Å². The number of thioether (sulfide) groups is 1. The van der Waals surface area contributed by atoms with E-state index in [1.807, 2.05) is 29.2 Å². The third-order valence-corrected chi connectivity index (χ3v) is 4.98. The van der Waals surface area contributed by atoms with Gasteiger partial charge in [-0.15, -0.1) is 0 Å². The van der Waals surface area contributed by atoms with Crippen LogP contribution in [0.4, 0.5) is 5.69 Å². The van der Waals surface area contributed by atoms with Gasteiger partial charge in [0.15, 0.2) is 5.17 Å². The molecule has 1 saturated carbocycles. The van der Waals surface area contributed by atoms with Crippen LogP contribution in [0.25, 0.3) is 0 Å². The van der Waals surface area contributed by atoms with Crippen LogP contribution in [0.15, 0.2) is 29.3 Å². The summed E-state index contributed by atoms with van der Waals surface area (Å²) >= 11 is 7.43. The van der Waals surface area contributed by atoms with Crippen LogP contribution >= 0.6 is 23.4 Å². The second kappa shape index (κ2) is 6.19. The van der Waals surface area contributed by atoms with Gasteiger partial charge in [-0.1, -0.05) is 42.6 Å². The van der Waals surface area contributed by atoms with E-state index in [2.05, 4.69) is 4.99 Å². The quantitative estimate of drug-likeness (QED) is 0.819. The lowest BCUT2D eigenvalue weighted by molar-refractivity contribution is -0.126. The van der Waals surface area contributed by atoms with Gasteiger partial charge in [0, 0.05) is 11.1 Å². The van der Waals surface area contributed by atoms with Crippen molar-refractivity contribution in [1.29, 1.82) is 0 Å². The number of hydrogen-bond donors (Lipinski definition) is 0. The zero-order valence-corrected chi connectivity index (χ0v) is 12.8. The highest BCUT2D eigenvalue weighted by molar-refractivity contribution is 8.15.